The molecule has 1 saturated carbocycles. The molecule has 3 N–H and O–H groups in total. The number of unbranched alkanes of at least 4 members (excludes halogenated alkanes) is 1. The van der Waals surface area contributed by atoms with Crippen molar-refractivity contribution in [3.63, 3.8) is 0 Å². The molecular formula is C15H28F2KN3O3. The molecule has 0 aromatic rings. The number of carbonyl (C=O) groups excluding carboxylic acids is 2. The number of primary amides is 1. The first-order valence-electron chi connectivity index (χ1n) is 7.96. The third-order valence-electron chi connectivity index (χ3n) is 4.04. The molecule has 1 aliphatic carbocycles. The van der Waals surface area contributed by atoms with E-state index in [0.717, 1.165) is 17.9 Å². The summed E-state index contributed by atoms with van der Waals surface area (Å²) in [7, 11) is 1.46. The molecule has 0 aromatic carbocycles. The summed E-state index contributed by atoms with van der Waals surface area (Å²) in [5.41, 5.74) is 4.69. The van der Waals surface area contributed by atoms with Gasteiger partial charge in [-0.3, -0.25) is 10.1 Å². The van der Waals surface area contributed by atoms with E-state index in [9.17, 15) is 23.6 Å². The minimum absolute atomic E-state index is 0. The normalized spacial score (nSPS) is 18.0. The fourth-order valence-corrected chi connectivity index (χ4v) is 2.38. The first-order valence-corrected chi connectivity index (χ1v) is 7.96. The zero-order chi connectivity index (χ0) is 18.0. The van der Waals surface area contributed by atoms with Crippen molar-refractivity contribution in [3.05, 3.63) is 5.21 Å². The smallest absolute Gasteiger partial charge is 0.785 e. The number of halogens is 2. The van der Waals surface area contributed by atoms with Crippen LogP contribution in [0.15, 0.2) is 0 Å². The Kier molecular flexibility index (Phi) is 15.0. The SMILES string of the molecule is CC(C1CCC(F)(F)CC1)N(C)[O-].CCCCC(=O)NC(N)=O.[K+]. The molecule has 1 atom stereocenters. The van der Waals surface area contributed by atoms with E-state index in [4.69, 9.17) is 5.73 Å². The molecule has 0 radical (unpaired) electrons. The topological polar surface area (TPSA) is 98.5 Å². The van der Waals surface area contributed by atoms with Crippen molar-refractivity contribution < 1.29 is 69.8 Å². The third-order valence-corrected chi connectivity index (χ3v) is 4.04. The molecule has 0 spiro atoms. The molecule has 136 valence electrons. The second-order valence-corrected chi connectivity index (χ2v) is 6.00. The number of hydroxylamine groups is 2. The zero-order valence-electron chi connectivity index (χ0n) is 15.1. The summed E-state index contributed by atoms with van der Waals surface area (Å²) >= 11 is 0. The van der Waals surface area contributed by atoms with Gasteiger partial charge in [-0.25, -0.2) is 13.6 Å². The monoisotopic (exact) mass is 375 g/mol. The van der Waals surface area contributed by atoms with Crippen LogP contribution in [0, 0.1) is 11.1 Å². The van der Waals surface area contributed by atoms with Crippen LogP contribution in [0.1, 0.15) is 58.8 Å². The largest absolute Gasteiger partial charge is 1.00 e. The summed E-state index contributed by atoms with van der Waals surface area (Å²) in [5, 5.41) is 13.8. The Morgan fingerprint density at radius 2 is 1.88 bits per heavy atom. The second-order valence-electron chi connectivity index (χ2n) is 6.00. The average Bonchev–Trinajstić information content (AvgIpc) is 2.44. The third kappa shape index (κ3) is 12.7. The van der Waals surface area contributed by atoms with Crippen LogP contribution in [0.3, 0.4) is 0 Å². The van der Waals surface area contributed by atoms with Crippen LogP contribution < -0.4 is 62.4 Å². The molecule has 24 heavy (non-hydrogen) atoms. The van der Waals surface area contributed by atoms with Crippen LogP contribution in [-0.2, 0) is 4.79 Å². The number of imide groups is 1. The van der Waals surface area contributed by atoms with Gasteiger partial charge < -0.3 is 16.0 Å². The van der Waals surface area contributed by atoms with Gasteiger partial charge in [0.05, 0.1) is 0 Å². The molecule has 9 heteroatoms. The van der Waals surface area contributed by atoms with Crippen LogP contribution in [0.5, 0.6) is 0 Å². The predicted octanol–water partition coefficient (Wildman–Crippen LogP) is 0.00550. The van der Waals surface area contributed by atoms with E-state index in [2.05, 4.69) is 0 Å². The van der Waals surface area contributed by atoms with Gasteiger partial charge in [-0.2, -0.15) is 0 Å². The summed E-state index contributed by atoms with van der Waals surface area (Å²) in [5.74, 6) is -2.64. The molecular weight excluding hydrogens is 347 g/mol. The first kappa shape index (κ1) is 26.6. The maximum atomic E-state index is 12.8. The number of nitrogens with zero attached hydrogens (tertiary/aromatic N) is 1. The maximum absolute atomic E-state index is 12.8. The Morgan fingerprint density at radius 1 is 1.38 bits per heavy atom. The van der Waals surface area contributed by atoms with Crippen molar-refractivity contribution in [2.75, 3.05) is 7.05 Å². The molecule has 1 rings (SSSR count). The Morgan fingerprint density at radius 3 is 2.25 bits per heavy atom. The van der Waals surface area contributed by atoms with Gasteiger partial charge in [-0.15, -0.1) is 0 Å². The Hall–Kier alpha value is 0.356. The number of nitrogens with one attached hydrogen (secondary N) is 1. The van der Waals surface area contributed by atoms with Crippen molar-refractivity contribution in [3.8, 4) is 0 Å². The number of hydrogen-bond donors (Lipinski definition) is 2. The van der Waals surface area contributed by atoms with E-state index in [0.29, 0.717) is 19.3 Å². The fourth-order valence-electron chi connectivity index (χ4n) is 2.38. The Labute approximate surface area is 185 Å². The summed E-state index contributed by atoms with van der Waals surface area (Å²) in [6.45, 7) is 3.78. The number of urea groups is 1. The predicted molar refractivity (Wildman–Crippen MR) is 84.7 cm³/mol. The van der Waals surface area contributed by atoms with Crippen molar-refractivity contribution in [2.45, 2.75) is 70.8 Å². The average molecular weight is 376 g/mol. The van der Waals surface area contributed by atoms with Crippen LogP contribution in [0.2, 0.25) is 0 Å². The van der Waals surface area contributed by atoms with Gasteiger partial charge in [0.2, 0.25) is 11.8 Å². The quantitative estimate of drug-likeness (QED) is 0.522. The van der Waals surface area contributed by atoms with Crippen LogP contribution in [-0.4, -0.2) is 36.0 Å². The molecule has 0 saturated heterocycles. The maximum Gasteiger partial charge on any atom is 1.00 e. The molecule has 0 heterocycles. The minimum atomic E-state index is -2.49. The van der Waals surface area contributed by atoms with E-state index < -0.39 is 12.0 Å². The van der Waals surface area contributed by atoms with Crippen LogP contribution >= 0.6 is 0 Å². The zero-order valence-corrected chi connectivity index (χ0v) is 18.2. The summed E-state index contributed by atoms with van der Waals surface area (Å²) in [6.07, 6.45) is 2.93. The summed E-state index contributed by atoms with van der Waals surface area (Å²) < 4.78 is 25.5. The molecule has 6 nitrogen and oxygen atoms in total. The summed E-state index contributed by atoms with van der Waals surface area (Å²) in [4.78, 5) is 20.7. The van der Waals surface area contributed by atoms with Crippen molar-refractivity contribution >= 4 is 11.9 Å². The van der Waals surface area contributed by atoms with Gasteiger partial charge in [0.25, 0.3) is 0 Å². The summed E-state index contributed by atoms with van der Waals surface area (Å²) in [6, 6.07) is -0.905. The van der Waals surface area contributed by atoms with Crippen molar-refractivity contribution in [2.24, 2.45) is 11.7 Å². The molecule has 0 bridgehead atoms. The van der Waals surface area contributed by atoms with E-state index in [1.807, 2.05) is 12.2 Å². The van der Waals surface area contributed by atoms with Crippen molar-refractivity contribution in [1.82, 2.24) is 10.4 Å². The van der Waals surface area contributed by atoms with Crippen LogP contribution in [0.4, 0.5) is 13.6 Å². The van der Waals surface area contributed by atoms with Crippen molar-refractivity contribution in [1.29, 1.82) is 0 Å². The Bertz CT molecular complexity index is 375. The number of hydrogen-bond acceptors (Lipinski definition) is 4. The molecule has 0 aromatic heterocycles. The van der Waals surface area contributed by atoms with Gasteiger partial charge in [-0.1, -0.05) is 20.3 Å². The molecule has 1 unspecified atom stereocenters. The molecule has 3 amide bonds. The van der Waals surface area contributed by atoms with Crippen LogP contribution in [0.25, 0.3) is 0 Å². The van der Waals surface area contributed by atoms with E-state index in [1.54, 1.807) is 6.92 Å². The van der Waals surface area contributed by atoms with E-state index in [-0.39, 0.29) is 82.1 Å². The second kappa shape index (κ2) is 13.5. The fraction of sp³-hybridized carbons (Fsp3) is 0.867. The first-order chi connectivity index (χ1) is 10.6. The van der Waals surface area contributed by atoms with Gasteiger partial charge in [-0.05, 0) is 38.3 Å². The van der Waals surface area contributed by atoms with Gasteiger partial charge in [0, 0.05) is 19.3 Å². The number of nitrogens with two attached hydrogens (primary N) is 1. The molecule has 0 aliphatic heterocycles. The van der Waals surface area contributed by atoms with E-state index in [1.165, 1.54) is 7.05 Å². The number of alkyl halides is 2. The van der Waals surface area contributed by atoms with Gasteiger partial charge >= 0.3 is 57.4 Å². The standard InChI is InChI=1S/C9H16F2NO.C6H12N2O2.K/c1-7(12(2)13)8-3-5-9(10,11)6-4-8;1-2-3-4-5(9)8-6(7)10;/h7-8H,3-6H2,1-2H3;2-4H2,1H3,(H3,7,8,9,10);/q-1;;+1. The minimum Gasteiger partial charge on any atom is -0.785 e. The Balaban J connectivity index is 0. The van der Waals surface area contributed by atoms with Gasteiger partial charge in [0.1, 0.15) is 0 Å². The molecule has 1 fully saturated rings. The molecule has 1 aliphatic rings. The number of rotatable bonds is 5. The van der Waals surface area contributed by atoms with E-state index >= 15 is 0 Å². The van der Waals surface area contributed by atoms with Gasteiger partial charge in [0.15, 0.2) is 0 Å². The number of carbonyl (C=O) groups is 2. The number of amides is 3.